The Labute approximate surface area is 506 Å². The number of allylic oxidation sites excluding steroid dienone is 44. The van der Waals surface area contributed by atoms with Gasteiger partial charge in [0.05, 0.1) is 0 Å². The van der Waals surface area contributed by atoms with Crippen molar-refractivity contribution in [2.45, 2.75) is 217 Å². The molecule has 1 nitrogen and oxygen atoms in total. The Morgan fingerprint density at radius 1 is 0.415 bits per heavy atom. The molecule has 0 radical (unpaired) electrons. The molecule has 0 aromatic rings. The summed E-state index contributed by atoms with van der Waals surface area (Å²) in [6.07, 6.45) is 72.3. The summed E-state index contributed by atoms with van der Waals surface area (Å²) in [5, 5.41) is 0. The van der Waals surface area contributed by atoms with Gasteiger partial charge >= 0.3 is 0 Å². The fraction of sp³-hybridized carbons (Fsp3) is 0.444. The van der Waals surface area contributed by atoms with Crippen LogP contribution >= 0.6 is 0 Å². The van der Waals surface area contributed by atoms with E-state index in [1.807, 2.05) is 19.1 Å². The number of hydrogen-bond acceptors (Lipinski definition) is 1. The monoisotopic (exact) mass is 1100 g/mol. The van der Waals surface area contributed by atoms with Gasteiger partial charge in [-0.15, -0.1) is 0 Å². The molecule has 0 aliphatic heterocycles. The second kappa shape index (κ2) is 37.9. The first-order valence-electron chi connectivity index (χ1n) is 30.8. The molecule has 0 spiro atoms. The van der Waals surface area contributed by atoms with Gasteiger partial charge in [-0.25, -0.2) is 0 Å². The Bertz CT molecular complexity index is 2820. The van der Waals surface area contributed by atoms with Crippen molar-refractivity contribution in [2.75, 3.05) is 0 Å². The summed E-state index contributed by atoms with van der Waals surface area (Å²) in [7, 11) is 0. The third-order valence-electron chi connectivity index (χ3n) is 16.1. The molecule has 0 amide bonds. The van der Waals surface area contributed by atoms with Crippen molar-refractivity contribution >= 4 is 6.29 Å². The molecule has 0 aromatic carbocycles. The topological polar surface area (TPSA) is 17.1 Å². The van der Waals surface area contributed by atoms with E-state index >= 15 is 0 Å². The summed E-state index contributed by atoms with van der Waals surface area (Å²) in [5.74, 6) is 0. The molecule has 446 valence electrons. The van der Waals surface area contributed by atoms with Crippen molar-refractivity contribution in [1.29, 1.82) is 0 Å². The molecule has 4 rings (SSSR count). The Hall–Kier alpha value is -6.05. The van der Waals surface area contributed by atoms with Crippen LogP contribution < -0.4 is 0 Å². The lowest BCUT2D eigenvalue weighted by Gasteiger charge is -2.33. The summed E-state index contributed by atoms with van der Waals surface area (Å²) < 4.78 is 0. The maximum Gasteiger partial charge on any atom is 0.143 e. The molecule has 82 heavy (non-hydrogen) atoms. The lowest BCUT2D eigenvalue weighted by atomic mass is 9.72. The largest absolute Gasteiger partial charge is 0.299 e. The fourth-order valence-corrected chi connectivity index (χ4v) is 10.5. The Morgan fingerprint density at radius 3 is 1.01 bits per heavy atom. The average Bonchev–Trinajstić information content (AvgIpc) is 3.56. The minimum Gasteiger partial charge on any atom is -0.299 e. The molecule has 1 heteroatoms. The Balaban J connectivity index is 0.000000547. The van der Waals surface area contributed by atoms with E-state index in [2.05, 4.69) is 304 Å². The van der Waals surface area contributed by atoms with E-state index in [9.17, 15) is 4.79 Å². The van der Waals surface area contributed by atoms with Gasteiger partial charge in [0.25, 0.3) is 0 Å². The van der Waals surface area contributed by atoms with E-state index in [0.717, 1.165) is 31.1 Å². The zero-order chi connectivity index (χ0) is 62.1. The van der Waals surface area contributed by atoms with Gasteiger partial charge in [0, 0.05) is 0 Å². The highest BCUT2D eigenvalue weighted by molar-refractivity contribution is 5.67. The van der Waals surface area contributed by atoms with Crippen LogP contribution in [0.25, 0.3) is 0 Å². The van der Waals surface area contributed by atoms with E-state index in [1.54, 1.807) is 17.2 Å². The van der Waals surface area contributed by atoms with Crippen molar-refractivity contribution in [3.8, 4) is 0 Å². The number of hydrogen-bond donors (Lipinski definition) is 0. The van der Waals surface area contributed by atoms with Gasteiger partial charge in [0.15, 0.2) is 0 Å². The smallest absolute Gasteiger partial charge is 0.143 e. The van der Waals surface area contributed by atoms with Crippen LogP contribution in [0.2, 0.25) is 0 Å². The van der Waals surface area contributed by atoms with E-state index < -0.39 is 0 Å². The predicted octanol–water partition coefficient (Wildman–Crippen LogP) is 25.3. The quantitative estimate of drug-likeness (QED) is 0.0759. The highest BCUT2D eigenvalue weighted by atomic mass is 16.1. The predicted molar refractivity (Wildman–Crippen MR) is 372 cm³/mol. The van der Waals surface area contributed by atoms with Crippen LogP contribution in [-0.4, -0.2) is 6.29 Å². The third kappa shape index (κ3) is 29.3. The van der Waals surface area contributed by atoms with Crippen molar-refractivity contribution in [2.24, 2.45) is 21.7 Å². The highest BCUT2D eigenvalue weighted by Crippen LogP contribution is 2.43. The SMILES string of the molecule is C/C=C(C)/C=C/C=C(C)/C=C/C1=C(C)C=CCC1(C)C.C/C=C(C)/C=C/C=C(C)/C=C/C1=C(C)CCCC1(C)C.CC/C=C(C)/C=C/C=C(C)/C=C/C1=C(C)CCCC1(C)C.CC1=C(/C=C/C(C)=C/C=C\C(C)=C\C=O)C(C)(C)CC=C1. The molecule has 0 bridgehead atoms. The molecule has 0 aromatic heterocycles. The van der Waals surface area contributed by atoms with E-state index in [1.165, 1.54) is 111 Å². The van der Waals surface area contributed by atoms with Crippen molar-refractivity contribution in [1.82, 2.24) is 0 Å². The summed E-state index contributed by atoms with van der Waals surface area (Å²) >= 11 is 0. The lowest BCUT2D eigenvalue weighted by molar-refractivity contribution is -0.104. The zero-order valence-corrected chi connectivity index (χ0v) is 56.5. The van der Waals surface area contributed by atoms with Crippen molar-refractivity contribution in [3.63, 3.8) is 0 Å². The summed E-state index contributed by atoms with van der Waals surface area (Å²) in [6, 6.07) is 0. The number of rotatable bonds is 18. The van der Waals surface area contributed by atoms with Gasteiger partial charge < -0.3 is 0 Å². The van der Waals surface area contributed by atoms with Crippen LogP contribution in [0.5, 0.6) is 0 Å². The Kier molecular flexibility index (Phi) is 34.2. The van der Waals surface area contributed by atoms with Crippen LogP contribution in [0.4, 0.5) is 0 Å². The molecule has 4 aliphatic carbocycles. The number of carbonyl (C=O) groups excluding carboxylic acids is 1. The van der Waals surface area contributed by atoms with E-state index in [-0.39, 0.29) is 10.8 Å². The second-order valence-electron chi connectivity index (χ2n) is 25.9. The van der Waals surface area contributed by atoms with Crippen LogP contribution in [0.1, 0.15) is 217 Å². The van der Waals surface area contributed by atoms with Crippen LogP contribution in [0, 0.1) is 21.7 Å². The minimum atomic E-state index is 0.203. The standard InChI is InChI=1S/C21H32.C20H26O.C20H30.C20H28/c1-7-10-17(2)11-8-12-18(3)14-15-20-19(4)13-9-16-21(20,5)6;1-16(8-6-9-17(2)13-15-21)11-12-19-18(3)10-7-14-20(19,4)5;2*1-7-16(2)10-8-11-17(3)13-14-19-18(4)12-9-15-20(19,5)6/h8,10-12,14-15H,7,9,13,16H2,1-6H3;6-13,15H,14H2,1-5H3;7-8,10-11,13-14H,9,12,15H2,1-6H3;7-14H,15H2,1-6H3/b11-8+,15-14+,17-10+,18-12+;9-6-,12-11+,16-8+,17-13+;2*10-8+,14-13+,16-7+,17-11+. The average molecular weight is 1110 g/mol. The highest BCUT2D eigenvalue weighted by Gasteiger charge is 2.28. The molecule has 4 aliphatic rings. The Morgan fingerprint density at radius 2 is 0.720 bits per heavy atom. The van der Waals surface area contributed by atoms with Gasteiger partial charge in [-0.05, 0) is 221 Å². The molecule has 0 atom stereocenters. The molecule has 0 heterocycles. The first-order valence-corrected chi connectivity index (χ1v) is 30.8. The zero-order valence-electron chi connectivity index (χ0n) is 56.5. The molecule has 0 unspecified atom stereocenters. The first kappa shape index (κ1) is 74.0. The van der Waals surface area contributed by atoms with Crippen molar-refractivity contribution in [3.05, 3.63) is 259 Å². The second-order valence-corrected chi connectivity index (χ2v) is 25.9. The third-order valence-corrected chi connectivity index (χ3v) is 16.1. The van der Waals surface area contributed by atoms with Gasteiger partial charge in [-0.2, -0.15) is 0 Å². The summed E-state index contributed by atoms with van der Waals surface area (Å²) in [5.41, 5.74) is 22.8. The molecular formula is C81H116O. The van der Waals surface area contributed by atoms with Crippen LogP contribution in [0.15, 0.2) is 259 Å². The normalized spacial score (nSPS) is 20.6. The molecule has 0 saturated carbocycles. The van der Waals surface area contributed by atoms with Gasteiger partial charge in [-0.1, -0.05) is 277 Å². The van der Waals surface area contributed by atoms with Crippen LogP contribution in [0.3, 0.4) is 0 Å². The summed E-state index contributed by atoms with van der Waals surface area (Å²) in [6.45, 7) is 50.8. The summed E-state index contributed by atoms with van der Waals surface area (Å²) in [4.78, 5) is 10.3. The number of aldehydes is 1. The minimum absolute atomic E-state index is 0.203. The van der Waals surface area contributed by atoms with E-state index in [0.29, 0.717) is 10.8 Å². The lowest BCUT2D eigenvalue weighted by Crippen LogP contribution is -2.19. The molecule has 0 fully saturated rings. The maximum absolute atomic E-state index is 10.3. The van der Waals surface area contributed by atoms with Crippen LogP contribution in [-0.2, 0) is 4.79 Å². The fourth-order valence-electron chi connectivity index (χ4n) is 10.5. The molecular weight excluding hydrogens is 989 g/mol. The molecule has 0 saturated heterocycles. The number of carbonyl (C=O) groups is 1. The van der Waals surface area contributed by atoms with Gasteiger partial charge in [-0.3, -0.25) is 4.79 Å². The van der Waals surface area contributed by atoms with E-state index in [4.69, 9.17) is 0 Å². The van der Waals surface area contributed by atoms with Gasteiger partial charge in [0.1, 0.15) is 6.29 Å². The molecule has 0 N–H and O–H groups in total. The van der Waals surface area contributed by atoms with Crippen molar-refractivity contribution < 1.29 is 4.79 Å². The van der Waals surface area contributed by atoms with Gasteiger partial charge in [0.2, 0.25) is 0 Å². The maximum atomic E-state index is 10.3. The first-order chi connectivity index (χ1) is 38.5.